The Morgan fingerprint density at radius 2 is 1.43 bits per heavy atom. The number of hydrogen-bond donors (Lipinski definition) is 1. The Morgan fingerprint density at radius 3 is 1.64 bits per heavy atom. The van der Waals surface area contributed by atoms with Crippen molar-refractivity contribution in [3.8, 4) is 0 Å². The van der Waals surface area contributed by atoms with Gasteiger partial charge < -0.3 is 4.98 Å². The lowest BCUT2D eigenvalue weighted by Gasteiger charge is -2.45. The zero-order chi connectivity index (χ0) is 11.6. The van der Waals surface area contributed by atoms with E-state index in [1.165, 1.54) is 12.5 Å². The van der Waals surface area contributed by atoms with Gasteiger partial charge in [-0.1, -0.05) is 40.7 Å². The van der Waals surface area contributed by atoms with Crippen molar-refractivity contribution in [3.63, 3.8) is 0 Å². The van der Waals surface area contributed by atoms with Gasteiger partial charge in [0.15, 0.2) is 0 Å². The molecular formula is C12H29NSi. The quantitative estimate of drug-likeness (QED) is 0.697. The van der Waals surface area contributed by atoms with Crippen LogP contribution in [0.4, 0.5) is 0 Å². The molecule has 0 amide bonds. The molecule has 0 fully saturated rings. The maximum Gasteiger partial charge on any atom is 0.128 e. The fourth-order valence-electron chi connectivity index (χ4n) is 1.95. The molecular weight excluding hydrogens is 186 g/mol. The molecule has 2 heteroatoms. The highest BCUT2D eigenvalue weighted by molar-refractivity contribution is 6.79. The third-order valence-corrected chi connectivity index (χ3v) is 9.17. The number of nitrogens with one attached hydrogen (secondary N) is 1. The summed E-state index contributed by atoms with van der Waals surface area (Å²) in [6.07, 6.45) is 1.29. The van der Waals surface area contributed by atoms with E-state index < -0.39 is 8.24 Å². The summed E-state index contributed by atoms with van der Waals surface area (Å²) in [6.45, 7) is 18.8. The summed E-state index contributed by atoms with van der Waals surface area (Å²) in [7, 11) is -1.34. The lowest BCUT2D eigenvalue weighted by Crippen LogP contribution is -2.61. The summed E-state index contributed by atoms with van der Waals surface area (Å²) in [5.41, 5.74) is 0.253. The molecule has 1 atom stereocenters. The Balaban J connectivity index is 4.74. The summed E-state index contributed by atoms with van der Waals surface area (Å²) in [5.74, 6) is 0. The maximum absolute atomic E-state index is 3.91. The van der Waals surface area contributed by atoms with Crippen LogP contribution in [0.15, 0.2) is 0 Å². The first-order valence-electron chi connectivity index (χ1n) is 5.81. The summed E-state index contributed by atoms with van der Waals surface area (Å²) < 4.78 is 0. The highest BCUT2D eigenvalue weighted by atomic mass is 28.3. The van der Waals surface area contributed by atoms with Crippen LogP contribution in [0.5, 0.6) is 0 Å². The average Bonchev–Trinajstić information content (AvgIpc) is 1.79. The van der Waals surface area contributed by atoms with E-state index >= 15 is 0 Å². The van der Waals surface area contributed by atoms with Gasteiger partial charge in [-0.15, -0.1) is 0 Å². The molecule has 0 aromatic rings. The Labute approximate surface area is 91.8 Å². The minimum absolute atomic E-state index is 0.253. The van der Waals surface area contributed by atoms with Gasteiger partial charge in [-0.25, -0.2) is 0 Å². The molecule has 0 aliphatic carbocycles. The third-order valence-electron chi connectivity index (χ3n) is 3.06. The van der Waals surface area contributed by atoms with Crippen LogP contribution in [0.3, 0.4) is 0 Å². The highest BCUT2D eigenvalue weighted by Crippen LogP contribution is 2.38. The molecule has 0 radical (unpaired) electrons. The summed E-state index contributed by atoms with van der Waals surface area (Å²) >= 11 is 0. The van der Waals surface area contributed by atoms with E-state index in [-0.39, 0.29) is 5.54 Å². The normalized spacial score (nSPS) is 18.0. The molecule has 14 heavy (non-hydrogen) atoms. The molecule has 0 heterocycles. The van der Waals surface area contributed by atoms with E-state index in [2.05, 4.69) is 60.0 Å². The van der Waals surface area contributed by atoms with Crippen LogP contribution in [-0.2, 0) is 0 Å². The lowest BCUT2D eigenvalue weighted by atomic mass is 10.1. The van der Waals surface area contributed by atoms with E-state index in [9.17, 15) is 0 Å². The van der Waals surface area contributed by atoms with Gasteiger partial charge in [0.1, 0.15) is 8.24 Å². The maximum atomic E-state index is 3.91. The molecule has 1 nitrogen and oxygen atoms in total. The lowest BCUT2D eigenvalue weighted by molar-refractivity contribution is 0.489. The molecule has 0 spiro atoms. The Hall–Kier alpha value is 0.177. The van der Waals surface area contributed by atoms with Crippen molar-refractivity contribution in [2.45, 2.75) is 78.1 Å². The fraction of sp³-hybridized carbons (Fsp3) is 1.00. The van der Waals surface area contributed by atoms with Gasteiger partial charge in [0.05, 0.1) is 0 Å². The summed E-state index contributed by atoms with van der Waals surface area (Å²) in [6, 6.07) is 1.37. The van der Waals surface area contributed by atoms with Crippen LogP contribution >= 0.6 is 0 Å². The summed E-state index contributed by atoms with van der Waals surface area (Å²) in [4.78, 5) is 3.91. The predicted octanol–water partition coefficient (Wildman–Crippen LogP) is 4.16. The minimum Gasteiger partial charge on any atom is -0.332 e. The number of rotatable bonds is 3. The second-order valence-corrected chi connectivity index (χ2v) is 11.6. The second-order valence-electron chi connectivity index (χ2n) is 6.71. The predicted molar refractivity (Wildman–Crippen MR) is 69.3 cm³/mol. The van der Waals surface area contributed by atoms with Crippen LogP contribution in [0.1, 0.15) is 54.9 Å². The SMILES string of the molecule is CCC[Si](C)(NC(C)(C)C)C(C)(C)C. The van der Waals surface area contributed by atoms with Crippen molar-refractivity contribution in [3.05, 3.63) is 0 Å². The first kappa shape index (κ1) is 14.2. The van der Waals surface area contributed by atoms with E-state index in [0.29, 0.717) is 5.04 Å². The van der Waals surface area contributed by atoms with Crippen molar-refractivity contribution in [2.24, 2.45) is 0 Å². The fourth-order valence-corrected chi connectivity index (χ4v) is 5.86. The van der Waals surface area contributed by atoms with Gasteiger partial charge in [-0.2, -0.15) is 0 Å². The van der Waals surface area contributed by atoms with Crippen molar-refractivity contribution in [1.82, 2.24) is 4.98 Å². The second kappa shape index (κ2) is 4.36. The van der Waals surface area contributed by atoms with Crippen LogP contribution in [-0.4, -0.2) is 13.8 Å². The first-order chi connectivity index (χ1) is 6.02. The molecule has 1 unspecified atom stereocenters. The Bertz CT molecular complexity index is 176. The molecule has 0 aromatic carbocycles. The average molecular weight is 215 g/mol. The van der Waals surface area contributed by atoms with Gasteiger partial charge in [0, 0.05) is 5.54 Å². The van der Waals surface area contributed by atoms with Crippen molar-refractivity contribution in [2.75, 3.05) is 0 Å². The van der Waals surface area contributed by atoms with Crippen LogP contribution in [0.25, 0.3) is 0 Å². The van der Waals surface area contributed by atoms with E-state index in [4.69, 9.17) is 0 Å². The summed E-state index contributed by atoms with van der Waals surface area (Å²) in [5, 5.41) is 0.441. The molecule has 1 N–H and O–H groups in total. The molecule has 0 aromatic heterocycles. The molecule has 0 saturated carbocycles. The third kappa shape index (κ3) is 4.14. The molecule has 0 aliphatic rings. The van der Waals surface area contributed by atoms with Gasteiger partial charge in [-0.05, 0) is 31.9 Å². The first-order valence-corrected chi connectivity index (χ1v) is 8.52. The van der Waals surface area contributed by atoms with Crippen molar-refractivity contribution < 1.29 is 0 Å². The van der Waals surface area contributed by atoms with Crippen LogP contribution < -0.4 is 4.98 Å². The Kier molecular flexibility index (Phi) is 4.41. The van der Waals surface area contributed by atoms with Gasteiger partial charge in [0.25, 0.3) is 0 Å². The Morgan fingerprint density at radius 1 is 1.00 bits per heavy atom. The monoisotopic (exact) mass is 215 g/mol. The molecule has 0 bridgehead atoms. The van der Waals surface area contributed by atoms with Gasteiger partial charge in [-0.3, -0.25) is 0 Å². The largest absolute Gasteiger partial charge is 0.332 e. The topological polar surface area (TPSA) is 12.0 Å². The zero-order valence-corrected chi connectivity index (χ0v) is 12.4. The standard InChI is InChI=1S/C12H29NSi/c1-9-10-14(8,12(5,6)7)13-11(2,3)4/h13H,9-10H2,1-8H3. The van der Waals surface area contributed by atoms with Gasteiger partial charge in [0.2, 0.25) is 0 Å². The van der Waals surface area contributed by atoms with Crippen LogP contribution in [0.2, 0.25) is 17.6 Å². The molecule has 86 valence electrons. The molecule has 0 saturated heterocycles. The highest BCUT2D eigenvalue weighted by Gasteiger charge is 2.41. The van der Waals surface area contributed by atoms with Crippen LogP contribution in [0, 0.1) is 0 Å². The van der Waals surface area contributed by atoms with Gasteiger partial charge >= 0.3 is 0 Å². The molecule has 0 aliphatic heterocycles. The van der Waals surface area contributed by atoms with E-state index in [0.717, 1.165) is 0 Å². The van der Waals surface area contributed by atoms with E-state index in [1.54, 1.807) is 0 Å². The zero-order valence-electron chi connectivity index (χ0n) is 11.4. The van der Waals surface area contributed by atoms with Crippen molar-refractivity contribution in [1.29, 1.82) is 0 Å². The smallest absolute Gasteiger partial charge is 0.128 e. The minimum atomic E-state index is -1.34. The van der Waals surface area contributed by atoms with Crippen molar-refractivity contribution >= 4 is 8.24 Å². The number of hydrogen-bond acceptors (Lipinski definition) is 1. The molecule has 0 rings (SSSR count). The van der Waals surface area contributed by atoms with E-state index in [1.807, 2.05) is 0 Å².